The zero-order chi connectivity index (χ0) is 13.3. The summed E-state index contributed by atoms with van der Waals surface area (Å²) >= 11 is 2.92. The Morgan fingerprint density at radius 2 is 2.06 bits per heavy atom. The molecule has 0 radical (unpaired) electrons. The van der Waals surface area contributed by atoms with Crippen molar-refractivity contribution in [3.8, 4) is 5.69 Å². The molecule has 18 heavy (non-hydrogen) atoms. The molecule has 0 aliphatic carbocycles. The molecule has 0 saturated heterocycles. The van der Waals surface area contributed by atoms with Crippen LogP contribution in [0.25, 0.3) is 5.69 Å². The van der Waals surface area contributed by atoms with Crippen LogP contribution >= 0.6 is 15.9 Å². The topological polar surface area (TPSA) is 56.7 Å². The summed E-state index contributed by atoms with van der Waals surface area (Å²) in [7, 11) is 0. The van der Waals surface area contributed by atoms with Gasteiger partial charge in [-0.15, -0.1) is 5.10 Å². The van der Waals surface area contributed by atoms with Crippen LogP contribution in [0, 0.1) is 11.6 Å². The first kappa shape index (κ1) is 12.9. The van der Waals surface area contributed by atoms with Gasteiger partial charge in [-0.1, -0.05) is 18.6 Å². The maximum Gasteiger partial charge on any atom is 0.169 e. The molecule has 4 nitrogen and oxygen atoms in total. The lowest BCUT2D eigenvalue weighted by Gasteiger charge is -2.08. The quantitative estimate of drug-likeness (QED) is 0.886. The van der Waals surface area contributed by atoms with Gasteiger partial charge in [0, 0.05) is 6.07 Å². The average molecular weight is 317 g/mol. The van der Waals surface area contributed by atoms with Gasteiger partial charge in [0.1, 0.15) is 17.3 Å². The highest BCUT2D eigenvalue weighted by atomic mass is 79.9. The number of benzene rings is 1. The smallest absolute Gasteiger partial charge is 0.169 e. The third-order valence-corrected chi connectivity index (χ3v) is 3.11. The second-order valence-corrected chi connectivity index (χ2v) is 4.66. The first-order valence-corrected chi connectivity index (χ1v) is 6.18. The first-order valence-electron chi connectivity index (χ1n) is 5.39. The van der Waals surface area contributed by atoms with E-state index in [-0.39, 0.29) is 16.0 Å². The molecule has 0 unspecified atom stereocenters. The van der Waals surface area contributed by atoms with Crippen LogP contribution in [0.3, 0.4) is 0 Å². The van der Waals surface area contributed by atoms with Crippen molar-refractivity contribution in [2.75, 3.05) is 5.73 Å². The summed E-state index contributed by atoms with van der Waals surface area (Å²) in [5, 5.41) is 7.45. The summed E-state index contributed by atoms with van der Waals surface area (Å²) in [5.74, 6) is -0.923. The van der Waals surface area contributed by atoms with Crippen LogP contribution in [0.15, 0.2) is 16.6 Å². The Labute approximate surface area is 111 Å². The molecule has 1 aromatic heterocycles. The molecular formula is C11H11BrF2N4. The summed E-state index contributed by atoms with van der Waals surface area (Å²) in [6.45, 7) is 1.95. The Kier molecular flexibility index (Phi) is 3.60. The maximum atomic E-state index is 13.8. The van der Waals surface area contributed by atoms with Gasteiger partial charge in [-0.3, -0.25) is 0 Å². The van der Waals surface area contributed by atoms with E-state index >= 15 is 0 Å². The summed E-state index contributed by atoms with van der Waals surface area (Å²) < 4.78 is 28.6. The number of rotatable bonds is 3. The van der Waals surface area contributed by atoms with Crippen LogP contribution < -0.4 is 5.73 Å². The fourth-order valence-electron chi connectivity index (χ4n) is 1.65. The Hall–Kier alpha value is -1.50. The van der Waals surface area contributed by atoms with Gasteiger partial charge in [0.05, 0.1) is 10.2 Å². The highest BCUT2D eigenvalue weighted by molar-refractivity contribution is 9.10. The third-order valence-electron chi connectivity index (χ3n) is 2.50. The van der Waals surface area contributed by atoms with Gasteiger partial charge in [-0.2, -0.15) is 0 Å². The van der Waals surface area contributed by atoms with Crippen LogP contribution in [0.5, 0.6) is 0 Å². The Balaban J connectivity index is 2.58. The lowest BCUT2D eigenvalue weighted by atomic mass is 10.2. The van der Waals surface area contributed by atoms with Gasteiger partial charge in [0.2, 0.25) is 0 Å². The molecule has 0 aliphatic heterocycles. The standard InChI is InChI=1S/C11H11BrF2N4/c1-2-3-9-11(15)16-17-18(9)10-5-7(13)6(12)4-8(10)14/h4-5H,2-3,15H2,1H3. The SMILES string of the molecule is CCCc1c(N)nnn1-c1cc(F)c(Br)cc1F. The second-order valence-electron chi connectivity index (χ2n) is 3.80. The van der Waals surface area contributed by atoms with Gasteiger partial charge in [-0.05, 0) is 28.4 Å². The minimum atomic E-state index is -0.592. The Morgan fingerprint density at radius 3 is 2.72 bits per heavy atom. The van der Waals surface area contributed by atoms with E-state index in [1.807, 2.05) is 6.92 Å². The fraction of sp³-hybridized carbons (Fsp3) is 0.273. The molecule has 96 valence electrons. The normalized spacial score (nSPS) is 10.9. The predicted molar refractivity (Wildman–Crippen MR) is 67.4 cm³/mol. The van der Waals surface area contributed by atoms with Crippen molar-refractivity contribution in [3.05, 3.63) is 33.9 Å². The van der Waals surface area contributed by atoms with Crippen molar-refractivity contribution in [1.82, 2.24) is 15.0 Å². The van der Waals surface area contributed by atoms with Crippen LogP contribution in [0.4, 0.5) is 14.6 Å². The molecule has 1 heterocycles. The molecule has 0 fully saturated rings. The van der Waals surface area contributed by atoms with E-state index < -0.39 is 11.6 Å². The molecule has 0 bridgehead atoms. The number of hydrogen-bond acceptors (Lipinski definition) is 3. The molecule has 0 spiro atoms. The number of halogens is 3. The van der Waals surface area contributed by atoms with E-state index in [0.29, 0.717) is 12.1 Å². The highest BCUT2D eigenvalue weighted by Crippen LogP contribution is 2.24. The van der Waals surface area contributed by atoms with Crippen molar-refractivity contribution < 1.29 is 8.78 Å². The zero-order valence-electron chi connectivity index (χ0n) is 9.62. The largest absolute Gasteiger partial charge is 0.381 e. The van der Waals surface area contributed by atoms with E-state index in [2.05, 4.69) is 26.2 Å². The van der Waals surface area contributed by atoms with Gasteiger partial charge in [-0.25, -0.2) is 13.5 Å². The van der Waals surface area contributed by atoms with Crippen molar-refractivity contribution in [2.24, 2.45) is 0 Å². The number of anilines is 1. The molecule has 7 heteroatoms. The summed E-state index contributed by atoms with van der Waals surface area (Å²) in [5.41, 5.74) is 6.25. The average Bonchev–Trinajstić information content (AvgIpc) is 2.67. The molecule has 2 rings (SSSR count). The van der Waals surface area contributed by atoms with Crippen molar-refractivity contribution in [2.45, 2.75) is 19.8 Å². The minimum absolute atomic E-state index is 0.00310. The number of aromatic nitrogens is 3. The number of nitrogens with two attached hydrogens (primary N) is 1. The van der Waals surface area contributed by atoms with E-state index in [0.717, 1.165) is 18.6 Å². The van der Waals surface area contributed by atoms with Gasteiger partial charge in [0.25, 0.3) is 0 Å². The summed E-state index contributed by atoms with van der Waals surface area (Å²) in [6, 6.07) is 2.12. The molecule has 0 atom stereocenters. The molecule has 0 saturated carbocycles. The molecule has 0 amide bonds. The lowest BCUT2D eigenvalue weighted by molar-refractivity contribution is 0.575. The molecule has 0 aliphatic rings. The van der Waals surface area contributed by atoms with E-state index in [1.54, 1.807) is 0 Å². The maximum absolute atomic E-state index is 13.8. The third kappa shape index (κ3) is 2.22. The van der Waals surface area contributed by atoms with E-state index in [4.69, 9.17) is 5.73 Å². The predicted octanol–water partition coefficient (Wildman–Crippen LogP) is 2.84. The Morgan fingerprint density at radius 1 is 1.33 bits per heavy atom. The number of nitrogens with zero attached hydrogens (tertiary/aromatic N) is 3. The Bertz CT molecular complexity index is 583. The number of nitrogen functional groups attached to an aromatic ring is 1. The van der Waals surface area contributed by atoms with Crippen molar-refractivity contribution >= 4 is 21.7 Å². The van der Waals surface area contributed by atoms with E-state index in [9.17, 15) is 8.78 Å². The van der Waals surface area contributed by atoms with Crippen LogP contribution in [0.1, 0.15) is 19.0 Å². The first-order chi connectivity index (χ1) is 8.54. The van der Waals surface area contributed by atoms with Crippen LogP contribution in [-0.2, 0) is 6.42 Å². The lowest BCUT2D eigenvalue weighted by Crippen LogP contribution is -2.06. The molecule has 2 N–H and O–H groups in total. The second kappa shape index (κ2) is 5.01. The highest BCUT2D eigenvalue weighted by Gasteiger charge is 2.16. The molecule has 1 aromatic carbocycles. The molecular weight excluding hydrogens is 306 g/mol. The monoisotopic (exact) mass is 316 g/mol. The summed E-state index contributed by atoms with van der Waals surface area (Å²) in [4.78, 5) is 0. The van der Waals surface area contributed by atoms with Gasteiger partial charge >= 0.3 is 0 Å². The summed E-state index contributed by atoms with van der Waals surface area (Å²) in [6.07, 6.45) is 1.40. The van der Waals surface area contributed by atoms with Crippen molar-refractivity contribution in [1.29, 1.82) is 0 Å². The van der Waals surface area contributed by atoms with Crippen LogP contribution in [0.2, 0.25) is 0 Å². The number of hydrogen-bond donors (Lipinski definition) is 1. The van der Waals surface area contributed by atoms with Gasteiger partial charge < -0.3 is 5.73 Å². The van der Waals surface area contributed by atoms with Crippen molar-refractivity contribution in [3.63, 3.8) is 0 Å². The van der Waals surface area contributed by atoms with E-state index in [1.165, 1.54) is 4.68 Å². The van der Waals surface area contributed by atoms with Gasteiger partial charge in [0.15, 0.2) is 5.82 Å². The molecule has 2 aromatic rings. The minimum Gasteiger partial charge on any atom is -0.381 e. The van der Waals surface area contributed by atoms with Crippen LogP contribution in [-0.4, -0.2) is 15.0 Å². The zero-order valence-corrected chi connectivity index (χ0v) is 11.2. The fourth-order valence-corrected chi connectivity index (χ4v) is 1.97.